The Morgan fingerprint density at radius 1 is 0.971 bits per heavy atom. The zero-order valence-electron chi connectivity index (χ0n) is 41.1. The number of rotatable bonds is 6. The van der Waals surface area contributed by atoms with E-state index in [-0.39, 0.29) is 56.6 Å². The van der Waals surface area contributed by atoms with Gasteiger partial charge in [-0.05, 0) is 51.5 Å². The molecule has 69 heavy (non-hydrogen) atoms. The molecular formula is C52H65N5O12. The number of piperazine rings is 1. The number of hydrogen-bond donors (Lipinski definition) is 6. The van der Waals surface area contributed by atoms with Crippen molar-refractivity contribution in [3.63, 3.8) is 0 Å². The molecule has 17 heteroatoms. The third kappa shape index (κ3) is 10.4. The summed E-state index contributed by atoms with van der Waals surface area (Å²) in [5, 5.41) is 77.5. The van der Waals surface area contributed by atoms with Crippen molar-refractivity contribution >= 4 is 40.3 Å². The number of aliphatic hydroxyl groups is 2. The minimum absolute atomic E-state index is 0.0350. The first kappa shape index (κ1) is 51.9. The molecule has 5 bridgehead atoms. The Labute approximate surface area is 402 Å². The zero-order chi connectivity index (χ0) is 50.8. The van der Waals surface area contributed by atoms with Crippen LogP contribution in [0.4, 0.5) is 5.69 Å². The van der Waals surface area contributed by atoms with Gasteiger partial charge in [-0.2, -0.15) is 10.4 Å². The number of fused-ring (bicyclic) bond motifs is 14. The molecule has 4 aliphatic rings. The number of aliphatic hydroxyl groups excluding tert-OH is 2. The van der Waals surface area contributed by atoms with Crippen molar-refractivity contribution in [2.24, 2.45) is 28.8 Å². The second-order valence-corrected chi connectivity index (χ2v) is 18.9. The number of phenols is 3. The van der Waals surface area contributed by atoms with Crippen molar-refractivity contribution < 1.29 is 58.9 Å². The van der Waals surface area contributed by atoms with Crippen LogP contribution in [0.15, 0.2) is 65.5 Å². The number of methoxy groups -OCH3 is 1. The van der Waals surface area contributed by atoms with Gasteiger partial charge in [-0.15, -0.1) is 0 Å². The van der Waals surface area contributed by atoms with Gasteiger partial charge in [-0.25, -0.2) is 0 Å². The number of aromatic hydroxyl groups is 3. The van der Waals surface area contributed by atoms with E-state index in [1.54, 1.807) is 45.9 Å². The molecule has 3 aromatic rings. The standard InChI is InChI=1S/C52H65N5O12/c1-26-14-12-15-27(2)51(65)55-42-37(22-54-57-28(3)23-56(24-29(57)4)25-36-17-13-16-35(20-36)21-53)46(62)39-40(47(42)63)45(61)33(8)49-41(39)50(64)52(10,69-49)67-19-18-38(66-11)30(5)48(68-34(9)58)32(7)44(60)31(6)43(26)59/h12-20,22,26,28-32,38,43-44,48,59-63H,23-25H2,1-11H3,(H,55,65). The summed E-state index contributed by atoms with van der Waals surface area (Å²) in [7, 11) is 1.43. The van der Waals surface area contributed by atoms with Crippen LogP contribution in [0.2, 0.25) is 0 Å². The maximum absolute atomic E-state index is 14.7. The number of ether oxygens (including phenoxy) is 4. The Hall–Kier alpha value is -6.45. The molecule has 11 atom stereocenters. The van der Waals surface area contributed by atoms with Crippen molar-refractivity contribution in [3.8, 4) is 29.1 Å². The Balaban J connectivity index is 1.48. The van der Waals surface area contributed by atoms with Crippen LogP contribution in [0.3, 0.4) is 0 Å². The van der Waals surface area contributed by atoms with E-state index < -0.39 is 88.8 Å². The Kier molecular flexibility index (Phi) is 15.8. The average Bonchev–Trinajstić information content (AvgIpc) is 3.57. The summed E-state index contributed by atoms with van der Waals surface area (Å²) in [4.78, 5) is 43.3. The number of amides is 1. The number of ketones is 1. The van der Waals surface area contributed by atoms with Crippen LogP contribution in [0.1, 0.15) is 94.9 Å². The number of nitrogens with zero attached hydrogens (tertiary/aromatic N) is 4. The number of anilines is 1. The minimum atomic E-state index is -2.08. The Bertz CT molecular complexity index is 2630. The van der Waals surface area contributed by atoms with E-state index in [4.69, 9.17) is 24.0 Å². The van der Waals surface area contributed by atoms with E-state index in [9.17, 15) is 45.2 Å². The summed E-state index contributed by atoms with van der Waals surface area (Å²) in [6.07, 6.45) is 4.76. The van der Waals surface area contributed by atoms with E-state index >= 15 is 0 Å². The van der Waals surface area contributed by atoms with Crippen molar-refractivity contribution in [1.29, 1.82) is 5.26 Å². The summed E-state index contributed by atoms with van der Waals surface area (Å²) in [6.45, 7) is 18.2. The second-order valence-electron chi connectivity index (χ2n) is 18.9. The van der Waals surface area contributed by atoms with Crippen LogP contribution < -0.4 is 10.1 Å². The first-order chi connectivity index (χ1) is 32.5. The fourth-order valence-corrected chi connectivity index (χ4v) is 9.77. The number of hydrogen-bond acceptors (Lipinski definition) is 16. The normalized spacial score (nSPS) is 29.4. The van der Waals surface area contributed by atoms with Gasteiger partial charge < -0.3 is 49.8 Å². The number of nitriles is 1. The number of esters is 1. The maximum Gasteiger partial charge on any atom is 0.312 e. The number of allylic oxidation sites excluding steroid dienone is 2. The predicted octanol–water partition coefficient (Wildman–Crippen LogP) is 6.55. The van der Waals surface area contributed by atoms with Crippen LogP contribution >= 0.6 is 0 Å². The van der Waals surface area contributed by atoms with Crippen molar-refractivity contribution in [3.05, 3.63) is 88.2 Å². The number of nitrogens with one attached hydrogen (secondary N) is 1. The summed E-state index contributed by atoms with van der Waals surface area (Å²) in [6, 6.07) is 9.26. The molecule has 0 saturated carbocycles. The van der Waals surface area contributed by atoms with Crippen LogP contribution in [-0.4, -0.2) is 122 Å². The van der Waals surface area contributed by atoms with E-state index in [1.807, 2.05) is 37.1 Å². The van der Waals surface area contributed by atoms with Gasteiger partial charge in [0.15, 0.2) is 5.75 Å². The largest absolute Gasteiger partial charge is 0.507 e. The zero-order valence-corrected chi connectivity index (χ0v) is 41.1. The molecule has 7 rings (SSSR count). The number of benzene rings is 3. The monoisotopic (exact) mass is 951 g/mol. The molecule has 0 aromatic heterocycles. The fraction of sp³-hybridized carbons (Fsp3) is 0.481. The van der Waals surface area contributed by atoms with Gasteiger partial charge in [0, 0.05) is 80.8 Å². The van der Waals surface area contributed by atoms with Crippen LogP contribution in [0, 0.1) is 41.9 Å². The highest BCUT2D eigenvalue weighted by atomic mass is 16.7. The highest BCUT2D eigenvalue weighted by Crippen LogP contribution is 2.55. The van der Waals surface area contributed by atoms with E-state index in [2.05, 4.69) is 16.3 Å². The van der Waals surface area contributed by atoms with Gasteiger partial charge in [0.25, 0.3) is 11.7 Å². The lowest BCUT2D eigenvalue weighted by Gasteiger charge is -2.42. The van der Waals surface area contributed by atoms with Crippen LogP contribution in [0.5, 0.6) is 23.0 Å². The van der Waals surface area contributed by atoms with Gasteiger partial charge in [0.05, 0.1) is 76.7 Å². The highest BCUT2D eigenvalue weighted by molar-refractivity contribution is 6.23. The lowest BCUT2D eigenvalue weighted by Crippen LogP contribution is -2.54. The van der Waals surface area contributed by atoms with E-state index in [0.29, 0.717) is 25.2 Å². The van der Waals surface area contributed by atoms with Gasteiger partial charge in [-0.3, -0.25) is 24.3 Å². The summed E-state index contributed by atoms with van der Waals surface area (Å²) in [5.74, 6) is -8.64. The molecule has 1 fully saturated rings. The van der Waals surface area contributed by atoms with Crippen molar-refractivity contribution in [2.45, 2.75) is 118 Å². The maximum atomic E-state index is 14.7. The number of hydrazone groups is 1. The SMILES string of the molecule is COC1C=COC2(C)Oc3c(C)c(O)c4c(O)c(c(C=NN5C(C)CN(Cc6cccc(C#N)c6)CC5C)c(O)c4c3C2=O)NC(=O)C(C)=CC=CC(C)C(O)C(C)C(O)C(C)C(OC(C)=O)C1C. The quantitative estimate of drug-likeness (QED) is 0.0664. The van der Waals surface area contributed by atoms with Gasteiger partial charge in [0.2, 0.25) is 0 Å². The molecule has 4 heterocycles. The highest BCUT2D eigenvalue weighted by Gasteiger charge is 2.50. The number of carbonyl (C=O) groups excluding carboxylic acids is 3. The molecule has 0 radical (unpaired) electrons. The lowest BCUT2D eigenvalue weighted by atomic mass is 9.78. The van der Waals surface area contributed by atoms with Gasteiger partial charge in [-0.1, -0.05) is 58.1 Å². The smallest absolute Gasteiger partial charge is 0.312 e. The first-order valence-corrected chi connectivity index (χ1v) is 23.2. The van der Waals surface area contributed by atoms with E-state index in [1.165, 1.54) is 59.4 Å². The summed E-state index contributed by atoms with van der Waals surface area (Å²) >= 11 is 0. The molecule has 4 aliphatic heterocycles. The first-order valence-electron chi connectivity index (χ1n) is 23.2. The molecule has 1 amide bonds. The number of carbonyl (C=O) groups is 3. The third-order valence-electron chi connectivity index (χ3n) is 13.8. The van der Waals surface area contributed by atoms with Gasteiger partial charge in [0.1, 0.15) is 23.4 Å². The minimum Gasteiger partial charge on any atom is -0.507 e. The Morgan fingerprint density at radius 3 is 2.29 bits per heavy atom. The topological polar surface area (TPSA) is 244 Å². The molecule has 17 nitrogen and oxygen atoms in total. The molecule has 0 aliphatic carbocycles. The van der Waals surface area contributed by atoms with Crippen LogP contribution in [-0.2, 0) is 30.3 Å². The average molecular weight is 952 g/mol. The molecule has 11 unspecified atom stereocenters. The number of Topliss-reactive ketones (excluding diaryl/α,β-unsaturated/α-hetero) is 1. The van der Waals surface area contributed by atoms with Crippen molar-refractivity contribution in [1.82, 2.24) is 9.91 Å². The molecule has 370 valence electrons. The van der Waals surface area contributed by atoms with Crippen molar-refractivity contribution in [2.75, 3.05) is 25.5 Å². The Morgan fingerprint density at radius 2 is 1.65 bits per heavy atom. The number of phenolic OH excluding ortho intramolecular Hbond substituents is 3. The molecule has 0 spiro atoms. The summed E-state index contributed by atoms with van der Waals surface area (Å²) in [5.41, 5.74) is 1.06. The third-order valence-corrected chi connectivity index (χ3v) is 13.8. The van der Waals surface area contributed by atoms with E-state index in [0.717, 1.165) is 5.56 Å². The summed E-state index contributed by atoms with van der Waals surface area (Å²) < 4.78 is 23.8. The molecule has 6 N–H and O–H groups in total. The fourth-order valence-electron chi connectivity index (χ4n) is 9.77. The second kappa shape index (κ2) is 21.0. The molecular weight excluding hydrogens is 887 g/mol. The lowest BCUT2D eigenvalue weighted by molar-refractivity contribution is -0.160. The van der Waals surface area contributed by atoms with Crippen LogP contribution in [0.25, 0.3) is 10.8 Å². The molecule has 1 saturated heterocycles. The molecule has 3 aromatic carbocycles. The predicted molar refractivity (Wildman–Crippen MR) is 259 cm³/mol. The van der Waals surface area contributed by atoms with Gasteiger partial charge >= 0.3 is 11.8 Å².